The first kappa shape index (κ1) is 32.2. The van der Waals surface area contributed by atoms with Crippen LogP contribution in [0.15, 0.2) is 87.6 Å². The molecule has 2 N–H and O–H groups in total. The Labute approximate surface area is 284 Å². The first-order valence-electron chi connectivity index (χ1n) is 15.7. The Morgan fingerprint density at radius 3 is 2.51 bits per heavy atom. The number of ether oxygens (including phenoxy) is 1. The van der Waals surface area contributed by atoms with E-state index in [1.165, 1.54) is 29.9 Å². The number of oxazole rings is 2. The van der Waals surface area contributed by atoms with Crippen LogP contribution < -0.4 is 10.9 Å². The van der Waals surface area contributed by atoms with Gasteiger partial charge in [0.2, 0.25) is 0 Å². The minimum absolute atomic E-state index is 0.0107. The van der Waals surface area contributed by atoms with E-state index in [1.54, 1.807) is 17.9 Å². The minimum Gasteiger partial charge on any atom is -0.445 e. The van der Waals surface area contributed by atoms with Gasteiger partial charge in [-0.2, -0.15) is 5.10 Å². The summed E-state index contributed by atoms with van der Waals surface area (Å²) in [5.41, 5.74) is 3.51. The summed E-state index contributed by atoms with van der Waals surface area (Å²) >= 11 is 6.59. The Bertz CT molecular complexity index is 2120. The van der Waals surface area contributed by atoms with Gasteiger partial charge in [0, 0.05) is 49.4 Å². The quantitative estimate of drug-likeness (QED) is 0.208. The van der Waals surface area contributed by atoms with Crippen LogP contribution in [-0.4, -0.2) is 64.1 Å². The van der Waals surface area contributed by atoms with Crippen molar-refractivity contribution in [2.75, 3.05) is 13.1 Å². The fourth-order valence-electron chi connectivity index (χ4n) is 6.02. The van der Waals surface area contributed by atoms with Gasteiger partial charge in [0.25, 0.3) is 5.56 Å². The average molecular weight is 685 g/mol. The third-order valence-corrected chi connectivity index (χ3v) is 9.07. The minimum atomic E-state index is -1.07. The van der Waals surface area contributed by atoms with Crippen LogP contribution in [0.25, 0.3) is 33.6 Å². The molecular weight excluding hydrogens is 652 g/mol. The van der Waals surface area contributed by atoms with Gasteiger partial charge in [-0.05, 0) is 30.0 Å². The molecule has 0 atom stereocenters. The third-order valence-electron chi connectivity index (χ3n) is 8.72. The van der Waals surface area contributed by atoms with E-state index in [0.29, 0.717) is 60.2 Å². The van der Waals surface area contributed by atoms with Crippen molar-refractivity contribution in [1.29, 1.82) is 0 Å². The van der Waals surface area contributed by atoms with E-state index in [0.717, 1.165) is 22.3 Å². The molecule has 0 bridgehead atoms. The predicted molar refractivity (Wildman–Crippen MR) is 178 cm³/mol. The summed E-state index contributed by atoms with van der Waals surface area (Å²) in [6.45, 7) is 2.29. The van der Waals surface area contributed by atoms with Gasteiger partial charge in [-0.25, -0.2) is 19.7 Å². The van der Waals surface area contributed by atoms with E-state index >= 15 is 0 Å². The molecule has 2 aromatic carbocycles. The molecule has 0 unspecified atom stereocenters. The second kappa shape index (κ2) is 13.7. The zero-order valence-corrected chi connectivity index (χ0v) is 27.3. The largest absolute Gasteiger partial charge is 0.445 e. The molecule has 0 radical (unpaired) electrons. The molecule has 49 heavy (non-hydrogen) atoms. The molecule has 1 fully saturated rings. The van der Waals surface area contributed by atoms with Crippen molar-refractivity contribution in [3.05, 3.63) is 106 Å². The standard InChI is InChI=1S/C34H33ClN8O6/c1-41-31(23-4-2-22(3-5-23)13-38-33(45)47-17-26-14-36-20-48-26)29-30(40-41)32(44)43(19-39-29)18-34(46)8-10-42(11-9-34)16-25-7-6-24(12-27(25)35)28-15-37-21-49-28/h2-7,12,14-15,19-21,46H,8-11,13,16-18H2,1H3,(H,38,45). The lowest BCUT2D eigenvalue weighted by Gasteiger charge is -2.38. The number of alkyl carbamates (subject to hydrolysis) is 1. The molecule has 1 aliphatic rings. The normalized spacial score (nSPS) is 14.7. The predicted octanol–water partition coefficient (Wildman–Crippen LogP) is 4.55. The fraction of sp³-hybridized carbons (Fsp3) is 0.294. The zero-order valence-electron chi connectivity index (χ0n) is 26.6. The molecule has 7 rings (SSSR count). The second-order valence-corrected chi connectivity index (χ2v) is 12.5. The molecule has 0 spiro atoms. The number of rotatable bonds is 10. The SMILES string of the molecule is Cn1nc2c(=O)n(CC3(O)CCN(Cc4ccc(-c5cnco5)cc4Cl)CC3)cnc2c1-c1ccc(CNC(=O)OCc2cnco2)cc1. The lowest BCUT2D eigenvalue weighted by atomic mass is 9.91. The smallest absolute Gasteiger partial charge is 0.407 e. The summed E-state index contributed by atoms with van der Waals surface area (Å²) in [5.74, 6) is 1.10. The Hall–Kier alpha value is -5.31. The fourth-order valence-corrected chi connectivity index (χ4v) is 6.26. The number of carbonyl (C=O) groups excluding carboxylic acids is 1. The molecule has 15 heteroatoms. The number of nitrogens with zero attached hydrogens (tertiary/aromatic N) is 7. The Balaban J connectivity index is 0.970. The monoisotopic (exact) mass is 684 g/mol. The van der Waals surface area contributed by atoms with Crippen LogP contribution in [0.5, 0.6) is 0 Å². The Kier molecular flexibility index (Phi) is 8.99. The van der Waals surface area contributed by atoms with Crippen LogP contribution >= 0.6 is 11.6 Å². The van der Waals surface area contributed by atoms with E-state index < -0.39 is 11.7 Å². The summed E-state index contributed by atoms with van der Waals surface area (Å²) in [7, 11) is 1.76. The number of benzene rings is 2. The van der Waals surface area contributed by atoms with Gasteiger partial charge in [0.1, 0.15) is 5.52 Å². The summed E-state index contributed by atoms with van der Waals surface area (Å²) in [6, 6.07) is 13.3. The number of nitrogens with one attached hydrogen (secondary N) is 1. The van der Waals surface area contributed by atoms with Crippen molar-refractivity contribution in [3.8, 4) is 22.6 Å². The van der Waals surface area contributed by atoms with Crippen molar-refractivity contribution >= 4 is 28.7 Å². The van der Waals surface area contributed by atoms with Gasteiger partial charge >= 0.3 is 6.09 Å². The topological polar surface area (TPSA) is 167 Å². The maximum absolute atomic E-state index is 13.6. The van der Waals surface area contributed by atoms with Gasteiger partial charge in [0.05, 0.1) is 36.6 Å². The van der Waals surface area contributed by atoms with E-state index in [1.807, 2.05) is 42.5 Å². The number of hydrogen-bond donors (Lipinski definition) is 2. The maximum atomic E-state index is 13.6. The Morgan fingerprint density at radius 2 is 1.80 bits per heavy atom. The van der Waals surface area contributed by atoms with E-state index in [-0.39, 0.29) is 30.8 Å². The molecular formula is C34H33ClN8O6. The van der Waals surface area contributed by atoms with Crippen LogP contribution in [0, 0.1) is 0 Å². The van der Waals surface area contributed by atoms with Gasteiger partial charge in [-0.1, -0.05) is 48.0 Å². The summed E-state index contributed by atoms with van der Waals surface area (Å²) in [4.78, 5) is 40.2. The highest BCUT2D eigenvalue weighted by Gasteiger charge is 2.33. The van der Waals surface area contributed by atoms with Gasteiger partial charge in [-0.3, -0.25) is 18.9 Å². The molecule has 5 heterocycles. The number of amides is 1. The lowest BCUT2D eigenvalue weighted by Crippen LogP contribution is -2.47. The molecule has 4 aromatic heterocycles. The second-order valence-electron chi connectivity index (χ2n) is 12.1. The first-order valence-corrected chi connectivity index (χ1v) is 16.0. The van der Waals surface area contributed by atoms with E-state index in [2.05, 4.69) is 30.3 Å². The van der Waals surface area contributed by atoms with Crippen LogP contribution in [0.4, 0.5) is 4.79 Å². The van der Waals surface area contributed by atoms with Gasteiger partial charge < -0.3 is 24.0 Å². The molecule has 1 amide bonds. The molecule has 0 aliphatic carbocycles. The van der Waals surface area contributed by atoms with E-state index in [9.17, 15) is 14.7 Å². The number of piperidine rings is 1. The Morgan fingerprint density at radius 1 is 1.04 bits per heavy atom. The van der Waals surface area contributed by atoms with Crippen molar-refractivity contribution in [2.45, 2.75) is 44.7 Å². The van der Waals surface area contributed by atoms with Crippen LogP contribution in [0.1, 0.15) is 29.7 Å². The molecule has 6 aromatic rings. The van der Waals surface area contributed by atoms with Crippen molar-refractivity contribution in [2.24, 2.45) is 7.05 Å². The van der Waals surface area contributed by atoms with Gasteiger partial charge in [-0.15, -0.1) is 0 Å². The van der Waals surface area contributed by atoms with Crippen molar-refractivity contribution in [1.82, 2.24) is 39.5 Å². The number of fused-ring (bicyclic) bond motifs is 1. The highest BCUT2D eigenvalue weighted by Crippen LogP contribution is 2.30. The zero-order chi connectivity index (χ0) is 34.0. The number of aryl methyl sites for hydroxylation is 1. The summed E-state index contributed by atoms with van der Waals surface area (Å²) in [6.07, 6.45) is 7.66. The summed E-state index contributed by atoms with van der Waals surface area (Å²) in [5, 5.41) is 19.3. The molecule has 1 saturated heterocycles. The number of aromatic nitrogens is 6. The summed E-state index contributed by atoms with van der Waals surface area (Å²) < 4.78 is 18.6. The third kappa shape index (κ3) is 7.11. The maximum Gasteiger partial charge on any atom is 0.407 e. The average Bonchev–Trinajstić information content (AvgIpc) is 3.89. The van der Waals surface area contributed by atoms with Crippen LogP contribution in [-0.2, 0) is 38.0 Å². The van der Waals surface area contributed by atoms with Crippen LogP contribution in [0.3, 0.4) is 0 Å². The number of aliphatic hydroxyl groups is 1. The molecule has 14 nitrogen and oxygen atoms in total. The number of halogens is 1. The highest BCUT2D eigenvalue weighted by molar-refractivity contribution is 6.31. The number of likely N-dealkylation sites (tertiary alicyclic amines) is 1. The number of carbonyl (C=O) groups is 1. The molecule has 0 saturated carbocycles. The first-order chi connectivity index (χ1) is 23.7. The lowest BCUT2D eigenvalue weighted by molar-refractivity contribution is -0.0364. The molecule has 1 aliphatic heterocycles. The van der Waals surface area contributed by atoms with Crippen molar-refractivity contribution in [3.63, 3.8) is 0 Å². The highest BCUT2D eigenvalue weighted by atomic mass is 35.5. The van der Waals surface area contributed by atoms with Gasteiger partial charge in [0.15, 0.2) is 36.4 Å². The van der Waals surface area contributed by atoms with Crippen LogP contribution in [0.2, 0.25) is 5.02 Å². The van der Waals surface area contributed by atoms with E-state index in [4.69, 9.17) is 25.2 Å². The number of hydrogen-bond acceptors (Lipinski definition) is 11. The van der Waals surface area contributed by atoms with Crippen molar-refractivity contribution < 1.29 is 23.5 Å². The molecule has 252 valence electrons.